The fourth-order valence-electron chi connectivity index (χ4n) is 3.19. The highest BCUT2D eigenvalue weighted by molar-refractivity contribution is 7.98. The second kappa shape index (κ2) is 13.4. The minimum absolute atomic E-state index is 0.202. The SMILES string of the molecule is COc1ccc(NC(=O)c2cccc(CSCC(O)CO)c2)c(C(=O)NN=Cc2ccc(C)cc2)c1. The molecule has 188 valence electrons. The maximum Gasteiger partial charge on any atom is 0.273 e. The van der Waals surface area contributed by atoms with Crippen LogP contribution in [-0.2, 0) is 5.75 Å². The number of rotatable bonds is 11. The lowest BCUT2D eigenvalue weighted by Gasteiger charge is -2.12. The molecule has 0 bridgehead atoms. The molecule has 0 heterocycles. The van der Waals surface area contributed by atoms with Crippen molar-refractivity contribution in [3.05, 3.63) is 94.5 Å². The van der Waals surface area contributed by atoms with Crippen LogP contribution in [0.15, 0.2) is 71.8 Å². The number of hydrogen-bond donors (Lipinski definition) is 4. The first-order valence-electron chi connectivity index (χ1n) is 11.2. The molecule has 0 spiro atoms. The fraction of sp³-hybridized carbons (Fsp3) is 0.222. The largest absolute Gasteiger partial charge is 0.497 e. The van der Waals surface area contributed by atoms with Crippen molar-refractivity contribution in [1.29, 1.82) is 0 Å². The summed E-state index contributed by atoms with van der Waals surface area (Å²) in [6, 6.07) is 19.6. The van der Waals surface area contributed by atoms with Crippen LogP contribution in [0.3, 0.4) is 0 Å². The second-order valence-electron chi connectivity index (χ2n) is 8.03. The smallest absolute Gasteiger partial charge is 0.273 e. The molecular formula is C27H29N3O5S. The third kappa shape index (κ3) is 7.94. The van der Waals surface area contributed by atoms with Crippen molar-refractivity contribution in [2.45, 2.75) is 18.8 Å². The van der Waals surface area contributed by atoms with Gasteiger partial charge in [0.1, 0.15) is 5.75 Å². The molecule has 9 heteroatoms. The Morgan fingerprint density at radius 3 is 2.58 bits per heavy atom. The highest BCUT2D eigenvalue weighted by Crippen LogP contribution is 2.23. The van der Waals surface area contributed by atoms with Crippen molar-refractivity contribution in [2.24, 2.45) is 5.10 Å². The molecule has 3 aromatic rings. The average molecular weight is 508 g/mol. The predicted octanol–water partition coefficient (Wildman–Crippen LogP) is 3.61. The van der Waals surface area contributed by atoms with E-state index >= 15 is 0 Å². The Bertz CT molecular complexity index is 1210. The zero-order valence-electron chi connectivity index (χ0n) is 20.1. The van der Waals surface area contributed by atoms with Gasteiger partial charge < -0.3 is 20.3 Å². The molecule has 36 heavy (non-hydrogen) atoms. The zero-order chi connectivity index (χ0) is 25.9. The lowest BCUT2D eigenvalue weighted by atomic mass is 10.1. The van der Waals surface area contributed by atoms with Crippen molar-refractivity contribution in [2.75, 3.05) is 24.8 Å². The van der Waals surface area contributed by atoms with Gasteiger partial charge in [0.15, 0.2) is 0 Å². The van der Waals surface area contributed by atoms with E-state index in [4.69, 9.17) is 9.84 Å². The van der Waals surface area contributed by atoms with E-state index in [0.29, 0.717) is 28.5 Å². The van der Waals surface area contributed by atoms with Crippen LogP contribution in [0.2, 0.25) is 0 Å². The number of aliphatic hydroxyl groups excluding tert-OH is 2. The molecule has 4 N–H and O–H groups in total. The van der Waals surface area contributed by atoms with Gasteiger partial charge in [-0.05, 0) is 48.4 Å². The van der Waals surface area contributed by atoms with E-state index in [-0.39, 0.29) is 18.1 Å². The Hall–Kier alpha value is -3.66. The van der Waals surface area contributed by atoms with E-state index in [9.17, 15) is 14.7 Å². The van der Waals surface area contributed by atoms with Gasteiger partial charge >= 0.3 is 0 Å². The van der Waals surface area contributed by atoms with E-state index in [1.54, 1.807) is 36.5 Å². The summed E-state index contributed by atoms with van der Waals surface area (Å²) >= 11 is 1.46. The monoisotopic (exact) mass is 507 g/mol. The lowest BCUT2D eigenvalue weighted by molar-refractivity contribution is 0.0955. The molecule has 0 saturated carbocycles. The fourth-order valence-corrected chi connectivity index (χ4v) is 4.10. The second-order valence-corrected chi connectivity index (χ2v) is 9.06. The number of nitrogens with zero attached hydrogens (tertiary/aromatic N) is 1. The first-order valence-corrected chi connectivity index (χ1v) is 12.4. The van der Waals surface area contributed by atoms with Crippen LogP contribution in [0.4, 0.5) is 5.69 Å². The standard InChI is InChI=1S/C27H29N3O5S/c1-18-6-8-19(9-7-18)14-28-30-27(34)24-13-23(35-2)10-11-25(24)29-26(33)21-5-3-4-20(12-21)16-36-17-22(32)15-31/h3-14,22,31-32H,15-17H2,1-2H3,(H,29,33)(H,30,34). The van der Waals surface area contributed by atoms with Crippen LogP contribution < -0.4 is 15.5 Å². The first kappa shape index (κ1) is 26.9. The van der Waals surface area contributed by atoms with Gasteiger partial charge in [0.2, 0.25) is 0 Å². The van der Waals surface area contributed by atoms with Crippen LogP contribution in [0, 0.1) is 6.92 Å². The van der Waals surface area contributed by atoms with Crippen LogP contribution in [0.1, 0.15) is 37.4 Å². The molecule has 0 fully saturated rings. The Morgan fingerprint density at radius 2 is 1.86 bits per heavy atom. The summed E-state index contributed by atoms with van der Waals surface area (Å²) < 4.78 is 5.25. The predicted molar refractivity (Wildman–Crippen MR) is 143 cm³/mol. The maximum atomic E-state index is 13.0. The lowest BCUT2D eigenvalue weighted by Crippen LogP contribution is -2.21. The van der Waals surface area contributed by atoms with Gasteiger partial charge in [-0.1, -0.05) is 42.0 Å². The summed E-state index contributed by atoms with van der Waals surface area (Å²) in [5.74, 6) is 0.557. The number of hydrogen-bond acceptors (Lipinski definition) is 7. The molecule has 3 rings (SSSR count). The molecule has 0 aromatic heterocycles. The number of ether oxygens (including phenoxy) is 1. The van der Waals surface area contributed by atoms with Crippen molar-refractivity contribution in [3.63, 3.8) is 0 Å². The van der Waals surface area contributed by atoms with Gasteiger partial charge in [-0.2, -0.15) is 16.9 Å². The molecule has 0 aliphatic rings. The van der Waals surface area contributed by atoms with Gasteiger partial charge in [0.25, 0.3) is 11.8 Å². The summed E-state index contributed by atoms with van der Waals surface area (Å²) in [6.07, 6.45) is 0.765. The van der Waals surface area contributed by atoms with Gasteiger partial charge in [-0.25, -0.2) is 5.43 Å². The molecule has 0 aliphatic heterocycles. The number of aliphatic hydroxyl groups is 2. The van der Waals surface area contributed by atoms with Crippen LogP contribution >= 0.6 is 11.8 Å². The number of anilines is 1. The topological polar surface area (TPSA) is 120 Å². The molecule has 0 saturated heterocycles. The Kier molecular flexibility index (Phi) is 10.1. The van der Waals surface area contributed by atoms with E-state index in [1.165, 1.54) is 24.9 Å². The number of carbonyl (C=O) groups is 2. The first-order chi connectivity index (χ1) is 17.4. The molecule has 1 atom stereocenters. The molecule has 0 aliphatic carbocycles. The van der Waals surface area contributed by atoms with Crippen LogP contribution in [0.25, 0.3) is 0 Å². The minimum atomic E-state index is -0.776. The highest BCUT2D eigenvalue weighted by atomic mass is 32.2. The molecule has 8 nitrogen and oxygen atoms in total. The Morgan fingerprint density at radius 1 is 1.08 bits per heavy atom. The van der Waals surface area contributed by atoms with Gasteiger partial charge in [-0.3, -0.25) is 9.59 Å². The minimum Gasteiger partial charge on any atom is -0.497 e. The summed E-state index contributed by atoms with van der Waals surface area (Å²) in [5.41, 5.74) is 6.30. The number of nitrogens with one attached hydrogen (secondary N) is 2. The van der Waals surface area contributed by atoms with E-state index in [2.05, 4.69) is 15.8 Å². The quantitative estimate of drug-likeness (QED) is 0.233. The number of thioether (sulfide) groups is 1. The number of hydrazone groups is 1. The van der Waals surface area contributed by atoms with Crippen molar-refractivity contribution >= 4 is 35.5 Å². The maximum absolute atomic E-state index is 13.0. The van der Waals surface area contributed by atoms with E-state index in [0.717, 1.165) is 16.7 Å². The molecule has 2 amide bonds. The Labute approximate surface area is 214 Å². The molecular weight excluding hydrogens is 478 g/mol. The third-order valence-corrected chi connectivity index (χ3v) is 6.31. The molecule has 1 unspecified atom stereocenters. The van der Waals surface area contributed by atoms with E-state index in [1.807, 2.05) is 37.3 Å². The van der Waals surface area contributed by atoms with Crippen molar-refractivity contribution < 1.29 is 24.5 Å². The summed E-state index contributed by atoms with van der Waals surface area (Å²) in [4.78, 5) is 25.8. The number of carbonyl (C=O) groups excluding carboxylic acids is 2. The van der Waals surface area contributed by atoms with Crippen molar-refractivity contribution in [1.82, 2.24) is 5.43 Å². The van der Waals surface area contributed by atoms with E-state index < -0.39 is 12.0 Å². The molecule has 0 radical (unpaired) electrons. The number of aryl methyl sites for hydroxylation is 1. The van der Waals surface area contributed by atoms with Crippen LogP contribution in [0.5, 0.6) is 5.75 Å². The Balaban J connectivity index is 1.71. The van der Waals surface area contributed by atoms with Gasteiger partial charge in [0.05, 0.1) is 37.3 Å². The highest BCUT2D eigenvalue weighted by Gasteiger charge is 2.16. The normalized spacial score (nSPS) is 11.8. The third-order valence-electron chi connectivity index (χ3n) is 5.16. The van der Waals surface area contributed by atoms with Gasteiger partial charge in [-0.15, -0.1) is 0 Å². The van der Waals surface area contributed by atoms with Crippen LogP contribution in [-0.4, -0.2) is 53.8 Å². The summed E-state index contributed by atoms with van der Waals surface area (Å²) in [7, 11) is 1.49. The number of amides is 2. The van der Waals surface area contributed by atoms with Gasteiger partial charge in [0, 0.05) is 17.1 Å². The number of benzene rings is 3. The molecule has 3 aromatic carbocycles. The number of methoxy groups -OCH3 is 1. The van der Waals surface area contributed by atoms with Crippen molar-refractivity contribution in [3.8, 4) is 5.75 Å². The summed E-state index contributed by atoms with van der Waals surface area (Å²) in [6.45, 7) is 1.70. The average Bonchev–Trinajstić information content (AvgIpc) is 2.90. The summed E-state index contributed by atoms with van der Waals surface area (Å²) in [5, 5.41) is 25.2. The zero-order valence-corrected chi connectivity index (χ0v) is 20.9.